The minimum atomic E-state index is 0.862. The predicted octanol–water partition coefficient (Wildman–Crippen LogP) is 3.07. The van der Waals surface area contributed by atoms with Crippen LogP contribution in [0.25, 0.3) is 0 Å². The van der Waals surface area contributed by atoms with E-state index < -0.39 is 0 Å². The van der Waals surface area contributed by atoms with Crippen molar-refractivity contribution in [1.29, 1.82) is 0 Å². The Kier molecular flexibility index (Phi) is 10.9. The Bertz CT molecular complexity index is 58.6. The smallest absolute Gasteiger partial charge is 0.00313 e. The molecule has 0 aromatic rings. The summed E-state index contributed by atoms with van der Waals surface area (Å²) in [4.78, 5) is 0. The van der Waals surface area contributed by atoms with Crippen molar-refractivity contribution in [3.8, 4) is 0 Å². The highest BCUT2D eigenvalue weighted by Crippen LogP contribution is 2.07. The quantitative estimate of drug-likeness (QED) is 0.495. The Hall–Kier alpha value is 0.440. The molecule has 0 aromatic heterocycles. The van der Waals surface area contributed by atoms with Gasteiger partial charge in [0.1, 0.15) is 0 Å². The lowest BCUT2D eigenvalue weighted by molar-refractivity contribution is 0.595. The van der Waals surface area contributed by atoms with Gasteiger partial charge in [-0.15, -0.1) is 0 Å². The number of alkyl halides is 1. The van der Waals surface area contributed by atoms with Crippen LogP contribution in [-0.2, 0) is 0 Å². The predicted molar refractivity (Wildman–Crippen MR) is 55.2 cm³/mol. The largest absolute Gasteiger partial charge is 0.330 e. The van der Waals surface area contributed by atoms with Crippen LogP contribution in [-0.4, -0.2) is 11.9 Å². The maximum absolute atomic E-state index is 5.38. The van der Waals surface area contributed by atoms with Gasteiger partial charge in [0.15, 0.2) is 0 Å². The van der Waals surface area contributed by atoms with E-state index in [4.69, 9.17) is 5.73 Å². The lowest BCUT2D eigenvalue weighted by atomic mass is 10.1. The van der Waals surface area contributed by atoms with Crippen LogP contribution in [0.15, 0.2) is 0 Å². The van der Waals surface area contributed by atoms with Gasteiger partial charge in [-0.2, -0.15) is 0 Å². The molecule has 11 heavy (non-hydrogen) atoms. The molecule has 0 spiro atoms. The topological polar surface area (TPSA) is 26.0 Å². The Morgan fingerprint density at radius 2 is 1.18 bits per heavy atom. The van der Waals surface area contributed by atoms with E-state index in [1.165, 1.54) is 44.9 Å². The monoisotopic (exact) mass is 221 g/mol. The zero-order valence-corrected chi connectivity index (χ0v) is 8.91. The fraction of sp³-hybridized carbons (Fsp3) is 1.00. The van der Waals surface area contributed by atoms with Crippen molar-refractivity contribution in [2.75, 3.05) is 11.9 Å². The van der Waals surface area contributed by atoms with Gasteiger partial charge in [-0.05, 0) is 19.4 Å². The van der Waals surface area contributed by atoms with Crippen molar-refractivity contribution in [3.63, 3.8) is 0 Å². The van der Waals surface area contributed by atoms with Gasteiger partial charge in [0.25, 0.3) is 0 Å². The molecule has 0 aliphatic rings. The van der Waals surface area contributed by atoms with Gasteiger partial charge in [0.2, 0.25) is 0 Å². The Labute approximate surface area is 78.9 Å². The summed E-state index contributed by atoms with van der Waals surface area (Å²) in [6.45, 7) is 0.862. The summed E-state index contributed by atoms with van der Waals surface area (Å²) in [6.07, 6.45) is 9.41. The van der Waals surface area contributed by atoms with Crippen molar-refractivity contribution >= 4 is 15.9 Å². The van der Waals surface area contributed by atoms with Gasteiger partial charge in [0.05, 0.1) is 0 Å². The van der Waals surface area contributed by atoms with Crippen LogP contribution in [0.5, 0.6) is 0 Å². The molecule has 0 radical (unpaired) electrons. The number of halogens is 1. The summed E-state index contributed by atoms with van der Waals surface area (Å²) in [5.74, 6) is 0. The summed E-state index contributed by atoms with van der Waals surface area (Å²) in [5.41, 5.74) is 5.38. The van der Waals surface area contributed by atoms with E-state index in [9.17, 15) is 0 Å². The Morgan fingerprint density at radius 1 is 0.727 bits per heavy atom. The van der Waals surface area contributed by atoms with Crippen molar-refractivity contribution in [2.24, 2.45) is 5.73 Å². The van der Waals surface area contributed by atoms with Crippen molar-refractivity contribution in [3.05, 3.63) is 0 Å². The number of rotatable bonds is 8. The molecule has 0 fully saturated rings. The molecular weight excluding hydrogens is 202 g/mol. The van der Waals surface area contributed by atoms with E-state index >= 15 is 0 Å². The van der Waals surface area contributed by atoms with E-state index in [0.717, 1.165) is 11.9 Å². The maximum Gasteiger partial charge on any atom is 0.00313 e. The van der Waals surface area contributed by atoms with Crippen LogP contribution in [0, 0.1) is 0 Å². The average molecular weight is 222 g/mol. The van der Waals surface area contributed by atoms with Gasteiger partial charge in [-0.1, -0.05) is 48.0 Å². The normalized spacial score (nSPS) is 10.4. The first-order valence-corrected chi connectivity index (χ1v) is 5.80. The second-order valence-electron chi connectivity index (χ2n) is 2.95. The van der Waals surface area contributed by atoms with Crippen LogP contribution in [0.4, 0.5) is 0 Å². The van der Waals surface area contributed by atoms with E-state index in [1.54, 1.807) is 0 Å². The summed E-state index contributed by atoms with van der Waals surface area (Å²) >= 11 is 3.43. The highest BCUT2D eigenvalue weighted by Gasteiger charge is 1.89. The van der Waals surface area contributed by atoms with Gasteiger partial charge in [-0.25, -0.2) is 0 Å². The van der Waals surface area contributed by atoms with Crippen molar-refractivity contribution < 1.29 is 0 Å². The van der Waals surface area contributed by atoms with Crippen LogP contribution < -0.4 is 5.73 Å². The molecule has 0 aromatic carbocycles. The number of nitrogens with two attached hydrogens (primary N) is 1. The Balaban J connectivity index is 2.69. The highest BCUT2D eigenvalue weighted by atomic mass is 79.9. The first-order chi connectivity index (χ1) is 5.41. The molecule has 1 nitrogen and oxygen atoms in total. The zero-order chi connectivity index (χ0) is 8.36. The molecule has 0 atom stereocenters. The van der Waals surface area contributed by atoms with E-state index in [-0.39, 0.29) is 0 Å². The third-order valence-electron chi connectivity index (χ3n) is 1.84. The molecule has 0 aliphatic carbocycles. The molecule has 0 saturated heterocycles. The molecule has 0 rings (SSSR count). The fourth-order valence-electron chi connectivity index (χ4n) is 1.12. The van der Waals surface area contributed by atoms with Gasteiger partial charge < -0.3 is 5.73 Å². The first kappa shape index (κ1) is 11.4. The minimum Gasteiger partial charge on any atom is -0.330 e. The highest BCUT2D eigenvalue weighted by molar-refractivity contribution is 9.09. The first-order valence-electron chi connectivity index (χ1n) is 4.68. The molecule has 68 valence electrons. The molecule has 0 bridgehead atoms. The third kappa shape index (κ3) is 10.4. The fourth-order valence-corrected chi connectivity index (χ4v) is 1.52. The molecule has 0 unspecified atom stereocenters. The van der Waals surface area contributed by atoms with Crippen LogP contribution in [0.1, 0.15) is 44.9 Å². The lowest BCUT2D eigenvalue weighted by Crippen LogP contribution is -1.97. The molecular formula is C9H20BrN. The summed E-state index contributed by atoms with van der Waals surface area (Å²) in [7, 11) is 0. The molecule has 0 amide bonds. The molecule has 0 heterocycles. The minimum absolute atomic E-state index is 0.862. The van der Waals surface area contributed by atoms with Gasteiger partial charge >= 0.3 is 0 Å². The standard InChI is InChI=1S/C9H20BrN/c10-8-6-4-2-1-3-5-7-9-11/h1-9,11H2. The lowest BCUT2D eigenvalue weighted by Gasteiger charge is -1.98. The number of unbranched alkanes of at least 4 members (excludes halogenated alkanes) is 6. The van der Waals surface area contributed by atoms with E-state index in [0.29, 0.717) is 0 Å². The third-order valence-corrected chi connectivity index (χ3v) is 2.40. The summed E-state index contributed by atoms with van der Waals surface area (Å²) < 4.78 is 0. The van der Waals surface area contributed by atoms with Crippen LogP contribution >= 0.6 is 15.9 Å². The van der Waals surface area contributed by atoms with Crippen LogP contribution in [0.3, 0.4) is 0 Å². The number of hydrogen-bond donors (Lipinski definition) is 1. The van der Waals surface area contributed by atoms with Gasteiger partial charge in [0, 0.05) is 5.33 Å². The molecule has 0 saturated carbocycles. The maximum atomic E-state index is 5.38. The van der Waals surface area contributed by atoms with E-state index in [1.807, 2.05) is 0 Å². The van der Waals surface area contributed by atoms with Crippen molar-refractivity contribution in [1.82, 2.24) is 0 Å². The van der Waals surface area contributed by atoms with Gasteiger partial charge in [-0.3, -0.25) is 0 Å². The molecule has 0 aliphatic heterocycles. The van der Waals surface area contributed by atoms with Crippen LogP contribution in [0.2, 0.25) is 0 Å². The zero-order valence-electron chi connectivity index (χ0n) is 7.32. The molecule has 2 heteroatoms. The number of hydrogen-bond acceptors (Lipinski definition) is 1. The SMILES string of the molecule is NCCCCCCCCCBr. The van der Waals surface area contributed by atoms with E-state index in [2.05, 4.69) is 15.9 Å². The summed E-state index contributed by atoms with van der Waals surface area (Å²) in [6, 6.07) is 0. The Morgan fingerprint density at radius 3 is 1.64 bits per heavy atom. The van der Waals surface area contributed by atoms with Crippen molar-refractivity contribution in [2.45, 2.75) is 44.9 Å². The molecule has 2 N–H and O–H groups in total. The second-order valence-corrected chi connectivity index (χ2v) is 3.75. The summed E-state index contributed by atoms with van der Waals surface area (Å²) in [5, 5.41) is 1.16. The average Bonchev–Trinajstić information content (AvgIpc) is 2.03. The second kappa shape index (κ2) is 10.4.